The smallest absolute Gasteiger partial charge is 0.261 e. The van der Waals surface area contributed by atoms with Crippen molar-refractivity contribution >= 4 is 22.4 Å². The lowest BCUT2D eigenvalue weighted by molar-refractivity contribution is 0.102. The minimum Gasteiger partial charge on any atom is -0.507 e. The lowest BCUT2D eigenvalue weighted by Gasteiger charge is -2.06. The van der Waals surface area contributed by atoms with E-state index in [2.05, 4.69) is 10.3 Å². The van der Waals surface area contributed by atoms with Gasteiger partial charge in [0.25, 0.3) is 5.91 Å². The number of methoxy groups -OCH3 is 1. The Bertz CT molecular complexity index is 580. The number of anilines is 1. The van der Waals surface area contributed by atoms with E-state index in [0.29, 0.717) is 10.9 Å². The maximum atomic E-state index is 11.9. The number of benzene rings is 1. The van der Waals surface area contributed by atoms with Crippen LogP contribution in [0.15, 0.2) is 24.4 Å². The van der Waals surface area contributed by atoms with Gasteiger partial charge in [0.15, 0.2) is 5.13 Å². The van der Waals surface area contributed by atoms with E-state index in [9.17, 15) is 9.90 Å². The third kappa shape index (κ3) is 2.60. The first-order valence-electron chi connectivity index (χ1n) is 5.21. The molecule has 0 saturated carbocycles. The summed E-state index contributed by atoms with van der Waals surface area (Å²) in [7, 11) is 1.49. The molecule has 0 aliphatic rings. The zero-order chi connectivity index (χ0) is 13.1. The molecule has 5 nitrogen and oxygen atoms in total. The first-order chi connectivity index (χ1) is 8.60. The summed E-state index contributed by atoms with van der Waals surface area (Å²) >= 11 is 1.37. The van der Waals surface area contributed by atoms with Gasteiger partial charge in [-0.2, -0.15) is 0 Å². The zero-order valence-electron chi connectivity index (χ0n) is 9.93. The summed E-state index contributed by atoms with van der Waals surface area (Å²) in [6.45, 7) is 1.90. The number of thiazole rings is 1. The zero-order valence-corrected chi connectivity index (χ0v) is 10.7. The van der Waals surface area contributed by atoms with Crippen molar-refractivity contribution in [1.82, 2.24) is 4.98 Å². The Hall–Kier alpha value is -2.08. The number of phenolic OH excluding ortho intramolecular Hbond substituents is 1. The van der Waals surface area contributed by atoms with Crippen LogP contribution in [0, 0.1) is 6.92 Å². The summed E-state index contributed by atoms with van der Waals surface area (Å²) in [5.74, 6) is -0.0289. The molecular weight excluding hydrogens is 252 g/mol. The van der Waals surface area contributed by atoms with Gasteiger partial charge in [-0.25, -0.2) is 4.98 Å². The predicted octanol–water partition coefficient (Wildman–Crippen LogP) is 2.42. The van der Waals surface area contributed by atoms with E-state index in [1.165, 1.54) is 30.6 Å². The number of carbonyl (C=O) groups is 1. The van der Waals surface area contributed by atoms with Crippen LogP contribution in [-0.4, -0.2) is 23.1 Å². The van der Waals surface area contributed by atoms with Crippen molar-refractivity contribution in [3.63, 3.8) is 0 Å². The van der Waals surface area contributed by atoms with Gasteiger partial charge in [0.1, 0.15) is 11.5 Å². The van der Waals surface area contributed by atoms with E-state index >= 15 is 0 Å². The average Bonchev–Trinajstić information content (AvgIpc) is 2.74. The summed E-state index contributed by atoms with van der Waals surface area (Å²) in [4.78, 5) is 16.9. The molecule has 1 aromatic heterocycles. The van der Waals surface area contributed by atoms with E-state index in [4.69, 9.17) is 4.74 Å². The van der Waals surface area contributed by atoms with Gasteiger partial charge >= 0.3 is 0 Å². The normalized spacial score (nSPS) is 10.1. The monoisotopic (exact) mass is 264 g/mol. The summed E-state index contributed by atoms with van der Waals surface area (Å²) in [5, 5.41) is 12.9. The fraction of sp³-hybridized carbons (Fsp3) is 0.167. The van der Waals surface area contributed by atoms with Gasteiger partial charge in [-0.15, -0.1) is 11.3 Å². The second kappa shape index (κ2) is 5.05. The molecule has 0 radical (unpaired) electrons. The molecule has 94 valence electrons. The molecule has 0 saturated heterocycles. The Morgan fingerprint density at radius 1 is 1.50 bits per heavy atom. The largest absolute Gasteiger partial charge is 0.507 e. The Morgan fingerprint density at radius 2 is 2.28 bits per heavy atom. The number of aryl methyl sites for hydroxylation is 1. The summed E-state index contributed by atoms with van der Waals surface area (Å²) < 4.78 is 4.95. The number of hydrogen-bond donors (Lipinski definition) is 2. The van der Waals surface area contributed by atoms with Crippen molar-refractivity contribution in [2.45, 2.75) is 6.92 Å². The SMILES string of the molecule is COc1ccc(C(=O)Nc2ncc(C)s2)c(O)c1. The quantitative estimate of drug-likeness (QED) is 0.893. The minimum absolute atomic E-state index is 0.125. The van der Waals surface area contributed by atoms with Gasteiger partial charge in [-0.3, -0.25) is 10.1 Å². The van der Waals surface area contributed by atoms with Crippen molar-refractivity contribution in [1.29, 1.82) is 0 Å². The van der Waals surface area contributed by atoms with Crippen LogP contribution in [0.5, 0.6) is 11.5 Å². The van der Waals surface area contributed by atoms with E-state index in [1.54, 1.807) is 12.3 Å². The highest BCUT2D eigenvalue weighted by atomic mass is 32.1. The number of aromatic hydroxyl groups is 1. The molecule has 1 aromatic carbocycles. The van der Waals surface area contributed by atoms with E-state index in [-0.39, 0.29) is 11.3 Å². The second-order valence-corrected chi connectivity index (χ2v) is 4.85. The number of nitrogens with one attached hydrogen (secondary N) is 1. The molecule has 2 aromatic rings. The van der Waals surface area contributed by atoms with Gasteiger partial charge in [-0.1, -0.05) is 0 Å². The molecule has 18 heavy (non-hydrogen) atoms. The highest BCUT2D eigenvalue weighted by Gasteiger charge is 2.13. The molecule has 2 rings (SSSR count). The van der Waals surface area contributed by atoms with Gasteiger partial charge in [0.05, 0.1) is 12.7 Å². The summed E-state index contributed by atoms with van der Waals surface area (Å²) in [5.41, 5.74) is 0.184. The number of nitrogens with zero attached hydrogens (tertiary/aromatic N) is 1. The van der Waals surface area contributed by atoms with Crippen LogP contribution in [-0.2, 0) is 0 Å². The van der Waals surface area contributed by atoms with Crippen LogP contribution in [0.2, 0.25) is 0 Å². The lowest BCUT2D eigenvalue weighted by Crippen LogP contribution is -2.11. The molecule has 0 fully saturated rings. The fourth-order valence-corrected chi connectivity index (χ4v) is 2.07. The first-order valence-corrected chi connectivity index (χ1v) is 6.02. The van der Waals surface area contributed by atoms with Crippen molar-refractivity contribution < 1.29 is 14.6 Å². The van der Waals surface area contributed by atoms with Crippen LogP contribution in [0.1, 0.15) is 15.2 Å². The molecule has 6 heteroatoms. The average molecular weight is 264 g/mol. The van der Waals surface area contributed by atoms with Gasteiger partial charge in [0, 0.05) is 17.1 Å². The Labute approximate surface area is 108 Å². The summed E-state index contributed by atoms with van der Waals surface area (Å²) in [6, 6.07) is 4.51. The molecule has 0 aliphatic heterocycles. The number of phenols is 1. The Morgan fingerprint density at radius 3 is 2.83 bits per heavy atom. The van der Waals surface area contributed by atoms with E-state index in [1.807, 2.05) is 6.92 Å². The molecule has 0 atom stereocenters. The number of carbonyl (C=O) groups excluding carboxylic acids is 1. The third-order valence-corrected chi connectivity index (χ3v) is 3.12. The molecule has 0 spiro atoms. The Kier molecular flexibility index (Phi) is 3.47. The van der Waals surface area contributed by atoms with Crippen molar-refractivity contribution in [2.75, 3.05) is 12.4 Å². The third-order valence-electron chi connectivity index (χ3n) is 2.29. The fourth-order valence-electron chi connectivity index (χ4n) is 1.41. The van der Waals surface area contributed by atoms with E-state index < -0.39 is 5.91 Å². The molecule has 1 heterocycles. The highest BCUT2D eigenvalue weighted by Crippen LogP contribution is 2.25. The molecule has 0 aliphatic carbocycles. The molecule has 2 N–H and O–H groups in total. The maximum absolute atomic E-state index is 11.9. The van der Waals surface area contributed by atoms with Crippen molar-refractivity contribution in [3.05, 3.63) is 34.8 Å². The van der Waals surface area contributed by atoms with Crippen LogP contribution < -0.4 is 10.1 Å². The molecule has 0 bridgehead atoms. The number of aromatic nitrogens is 1. The topological polar surface area (TPSA) is 71.5 Å². The van der Waals surface area contributed by atoms with Crippen molar-refractivity contribution in [2.24, 2.45) is 0 Å². The van der Waals surface area contributed by atoms with Crippen LogP contribution in [0.25, 0.3) is 0 Å². The van der Waals surface area contributed by atoms with Crippen LogP contribution in [0.4, 0.5) is 5.13 Å². The standard InChI is InChI=1S/C12H12N2O3S/c1-7-6-13-12(18-7)14-11(16)9-4-3-8(17-2)5-10(9)15/h3-6,15H,1-2H3,(H,13,14,16). The predicted molar refractivity (Wildman–Crippen MR) is 69.5 cm³/mol. The van der Waals surface area contributed by atoms with Crippen molar-refractivity contribution in [3.8, 4) is 11.5 Å². The van der Waals surface area contributed by atoms with Crippen LogP contribution in [0.3, 0.4) is 0 Å². The number of amides is 1. The Balaban J connectivity index is 2.18. The maximum Gasteiger partial charge on any atom is 0.261 e. The number of rotatable bonds is 3. The molecule has 1 amide bonds. The molecular formula is C12H12N2O3S. The lowest BCUT2D eigenvalue weighted by atomic mass is 10.2. The van der Waals surface area contributed by atoms with Gasteiger partial charge in [-0.05, 0) is 19.1 Å². The highest BCUT2D eigenvalue weighted by molar-refractivity contribution is 7.15. The minimum atomic E-state index is -0.399. The van der Waals surface area contributed by atoms with Crippen LogP contribution >= 0.6 is 11.3 Å². The van der Waals surface area contributed by atoms with E-state index in [0.717, 1.165) is 4.88 Å². The first kappa shape index (κ1) is 12.4. The van der Waals surface area contributed by atoms with Gasteiger partial charge < -0.3 is 9.84 Å². The summed E-state index contributed by atoms with van der Waals surface area (Å²) in [6.07, 6.45) is 1.67. The number of ether oxygens (including phenoxy) is 1. The number of hydrogen-bond acceptors (Lipinski definition) is 5. The molecule has 0 unspecified atom stereocenters. The van der Waals surface area contributed by atoms with Gasteiger partial charge in [0.2, 0.25) is 0 Å². The second-order valence-electron chi connectivity index (χ2n) is 3.61.